The maximum Gasteiger partial charge on any atom is 0.481 e. The van der Waals surface area contributed by atoms with Gasteiger partial charge in [-0.1, -0.05) is 64.1 Å². The number of amides is 1. The molecule has 1 heterocycles. The monoisotopic (exact) mass is 519 g/mol. The average molecular weight is 519 g/mol. The maximum absolute atomic E-state index is 13.5. The Hall–Kier alpha value is -2.22. The number of rotatable bonds is 9. The first kappa shape index (κ1) is 27.4. The minimum atomic E-state index is -0.974. The van der Waals surface area contributed by atoms with Crippen molar-refractivity contribution in [2.75, 3.05) is 0 Å². The summed E-state index contributed by atoms with van der Waals surface area (Å²) in [4.78, 5) is 26.7. The summed E-state index contributed by atoms with van der Waals surface area (Å²) in [5, 5.41) is 15.7. The molecule has 6 nitrogen and oxygen atoms in total. The first-order valence-corrected chi connectivity index (χ1v) is 14.2. The van der Waals surface area contributed by atoms with Crippen LogP contribution in [-0.2, 0) is 14.1 Å². The predicted octanol–water partition coefficient (Wildman–Crippen LogP) is 5.21. The molecule has 2 bridgehead atoms. The average Bonchev–Trinajstić information content (AvgIpc) is 3.23. The standard InChI is InChI=1S/C31H42BNO5/c1-18(2)13-28(32-37-27-16-23-15-26(30(23,4)5)31(27,6)38-32)33-29(36)24(19(3)34)17-25(35)22-12-11-20-9-7-8-10-21(20)14-22/h7-12,14,18-19,23-24,26-28,34H,13,15-17H2,1-6H3,(H,33,36)/t19-,23+,24+,26+,27-,28+,31+/m1/s1. The van der Waals surface area contributed by atoms with Crippen molar-refractivity contribution in [1.29, 1.82) is 0 Å². The molecule has 2 aromatic carbocycles. The lowest BCUT2D eigenvalue weighted by Crippen LogP contribution is -2.65. The fraction of sp³-hybridized carbons (Fsp3) is 0.613. The van der Waals surface area contributed by atoms with E-state index in [1.807, 2.05) is 36.4 Å². The van der Waals surface area contributed by atoms with Crippen LogP contribution < -0.4 is 5.32 Å². The smallest absolute Gasteiger partial charge is 0.404 e. The SMILES string of the molecule is CC(C)C[C@H](NC(=O)[C@@H](CC(=O)c1ccc2ccccc2c1)[C@@H](C)O)B1O[C@@H]2C[C@@H]3C[C@@H](C3(C)C)[C@]2(C)O1. The van der Waals surface area contributed by atoms with Gasteiger partial charge in [0.25, 0.3) is 0 Å². The second-order valence-electron chi connectivity index (χ2n) is 13.1. The molecule has 1 amide bonds. The van der Waals surface area contributed by atoms with Gasteiger partial charge in [0.15, 0.2) is 5.78 Å². The van der Waals surface area contributed by atoms with Gasteiger partial charge in [0.2, 0.25) is 5.91 Å². The van der Waals surface area contributed by atoms with Crippen molar-refractivity contribution in [2.24, 2.45) is 29.1 Å². The van der Waals surface area contributed by atoms with Crippen molar-refractivity contribution in [3.8, 4) is 0 Å². The molecule has 0 radical (unpaired) electrons. The molecule has 2 N–H and O–H groups in total. The molecule has 1 aliphatic heterocycles. The number of ketones is 1. The van der Waals surface area contributed by atoms with Crippen LogP contribution in [0.3, 0.4) is 0 Å². The summed E-state index contributed by atoms with van der Waals surface area (Å²) in [7, 11) is -0.544. The highest BCUT2D eigenvalue weighted by Gasteiger charge is 2.68. The van der Waals surface area contributed by atoms with Crippen LogP contribution >= 0.6 is 0 Å². The molecule has 7 atom stereocenters. The molecular weight excluding hydrogens is 477 g/mol. The third-order valence-electron chi connectivity index (χ3n) is 9.75. The molecule has 0 aromatic heterocycles. The van der Waals surface area contributed by atoms with Gasteiger partial charge in [-0.25, -0.2) is 0 Å². The summed E-state index contributed by atoms with van der Waals surface area (Å²) in [5.41, 5.74) is 0.418. The molecule has 38 heavy (non-hydrogen) atoms. The van der Waals surface area contributed by atoms with Crippen LogP contribution in [0.4, 0.5) is 0 Å². The molecule has 0 spiro atoms. The molecular formula is C31H42BNO5. The van der Waals surface area contributed by atoms with E-state index in [4.69, 9.17) is 9.31 Å². The molecule has 0 unspecified atom stereocenters. The maximum atomic E-state index is 13.5. The molecule has 2 aromatic rings. The third kappa shape index (κ3) is 4.82. The first-order chi connectivity index (χ1) is 17.9. The molecule has 1 saturated heterocycles. The minimum Gasteiger partial charge on any atom is -0.404 e. The number of nitrogens with one attached hydrogen (secondary N) is 1. The number of carbonyl (C=O) groups excluding carboxylic acids is 2. The predicted molar refractivity (Wildman–Crippen MR) is 150 cm³/mol. The largest absolute Gasteiger partial charge is 0.481 e. The zero-order valence-electron chi connectivity index (χ0n) is 23.6. The highest BCUT2D eigenvalue weighted by atomic mass is 16.7. The van der Waals surface area contributed by atoms with Crippen LogP contribution in [0.1, 0.15) is 77.6 Å². The van der Waals surface area contributed by atoms with Crippen molar-refractivity contribution in [1.82, 2.24) is 5.32 Å². The van der Waals surface area contributed by atoms with Crippen LogP contribution in [0, 0.1) is 29.1 Å². The summed E-state index contributed by atoms with van der Waals surface area (Å²) in [6, 6.07) is 13.4. The van der Waals surface area contributed by atoms with E-state index in [9.17, 15) is 14.7 Å². The lowest BCUT2D eigenvalue weighted by molar-refractivity contribution is -0.199. The first-order valence-electron chi connectivity index (χ1n) is 14.2. The van der Waals surface area contributed by atoms with E-state index in [1.54, 1.807) is 13.0 Å². The van der Waals surface area contributed by atoms with Crippen molar-refractivity contribution >= 4 is 29.6 Å². The fourth-order valence-electron chi connectivity index (χ4n) is 7.27. The highest BCUT2D eigenvalue weighted by molar-refractivity contribution is 6.47. The second-order valence-corrected chi connectivity index (χ2v) is 13.1. The molecule has 4 aliphatic rings. The Morgan fingerprint density at radius 1 is 1.08 bits per heavy atom. The summed E-state index contributed by atoms with van der Waals surface area (Å²) in [6.07, 6.45) is 1.81. The Balaban J connectivity index is 1.30. The quantitative estimate of drug-likeness (QED) is 0.351. The van der Waals surface area contributed by atoms with E-state index in [2.05, 4.69) is 39.9 Å². The van der Waals surface area contributed by atoms with Gasteiger partial charge in [-0.15, -0.1) is 0 Å². The number of hydrogen-bond donors (Lipinski definition) is 2. The van der Waals surface area contributed by atoms with Gasteiger partial charge in [-0.05, 0) is 73.1 Å². The van der Waals surface area contributed by atoms with E-state index >= 15 is 0 Å². The Labute approximate surface area is 227 Å². The van der Waals surface area contributed by atoms with Gasteiger partial charge < -0.3 is 19.7 Å². The summed E-state index contributed by atoms with van der Waals surface area (Å²) < 4.78 is 13.2. The zero-order valence-corrected chi connectivity index (χ0v) is 23.6. The van der Waals surface area contributed by atoms with E-state index in [0.29, 0.717) is 29.7 Å². The van der Waals surface area contributed by atoms with Gasteiger partial charge in [0.05, 0.1) is 29.7 Å². The Bertz CT molecular complexity index is 1210. The number of aliphatic hydroxyl groups is 1. The van der Waals surface area contributed by atoms with Crippen molar-refractivity contribution in [2.45, 2.75) is 91.0 Å². The number of hydrogen-bond acceptors (Lipinski definition) is 5. The van der Waals surface area contributed by atoms with Gasteiger partial charge in [0, 0.05) is 12.0 Å². The van der Waals surface area contributed by atoms with E-state index in [1.165, 1.54) is 0 Å². The van der Waals surface area contributed by atoms with Gasteiger partial charge in [-0.2, -0.15) is 0 Å². The normalized spacial score (nSPS) is 29.9. The van der Waals surface area contributed by atoms with Crippen LogP contribution in [0.5, 0.6) is 0 Å². The highest BCUT2D eigenvalue weighted by Crippen LogP contribution is 2.65. The number of Topliss-reactive ketones (excluding diaryl/α,β-unsaturated/α-hetero) is 1. The topological polar surface area (TPSA) is 84.9 Å². The van der Waals surface area contributed by atoms with Crippen LogP contribution in [0.25, 0.3) is 10.8 Å². The van der Waals surface area contributed by atoms with E-state index in [-0.39, 0.29) is 41.2 Å². The van der Waals surface area contributed by atoms with Crippen LogP contribution in [0.2, 0.25) is 0 Å². The van der Waals surface area contributed by atoms with Crippen LogP contribution in [0.15, 0.2) is 42.5 Å². The molecule has 204 valence electrons. The second kappa shape index (κ2) is 10.1. The van der Waals surface area contributed by atoms with Gasteiger partial charge in [0.1, 0.15) is 0 Å². The molecule has 7 heteroatoms. The molecule has 4 fully saturated rings. The molecule has 3 aliphatic carbocycles. The molecule has 6 rings (SSSR count). The lowest BCUT2D eigenvalue weighted by Gasteiger charge is -2.64. The van der Waals surface area contributed by atoms with Gasteiger partial charge in [-0.3, -0.25) is 9.59 Å². The fourth-order valence-corrected chi connectivity index (χ4v) is 7.27. The zero-order chi connectivity index (χ0) is 27.4. The minimum absolute atomic E-state index is 0.0258. The summed E-state index contributed by atoms with van der Waals surface area (Å²) >= 11 is 0. The van der Waals surface area contributed by atoms with E-state index in [0.717, 1.165) is 23.6 Å². The molecule has 3 saturated carbocycles. The third-order valence-corrected chi connectivity index (χ3v) is 9.75. The van der Waals surface area contributed by atoms with Crippen molar-refractivity contribution in [3.05, 3.63) is 48.0 Å². The number of fused-ring (bicyclic) bond motifs is 1. The Morgan fingerprint density at radius 3 is 2.45 bits per heavy atom. The number of benzene rings is 2. The van der Waals surface area contributed by atoms with Crippen molar-refractivity contribution in [3.63, 3.8) is 0 Å². The summed E-state index contributed by atoms with van der Waals surface area (Å²) in [5.74, 6) is -0.340. The van der Waals surface area contributed by atoms with Crippen molar-refractivity contribution < 1.29 is 24.0 Å². The number of carbonyl (C=O) groups is 2. The Kier molecular flexibility index (Phi) is 7.25. The number of aliphatic hydroxyl groups excluding tert-OH is 1. The van der Waals surface area contributed by atoms with Gasteiger partial charge >= 0.3 is 7.12 Å². The Morgan fingerprint density at radius 2 is 1.79 bits per heavy atom. The summed E-state index contributed by atoms with van der Waals surface area (Å²) in [6.45, 7) is 12.6. The van der Waals surface area contributed by atoms with Crippen LogP contribution in [-0.4, -0.2) is 47.7 Å². The lowest BCUT2D eigenvalue weighted by atomic mass is 9.43. The van der Waals surface area contributed by atoms with E-state index < -0.39 is 19.1 Å².